The van der Waals surface area contributed by atoms with Crippen LogP contribution in [0.25, 0.3) is 0 Å². The Morgan fingerprint density at radius 1 is 1.30 bits per heavy atom. The molecule has 1 aromatic rings. The third-order valence-corrected chi connectivity index (χ3v) is 4.06. The molecule has 0 bridgehead atoms. The van der Waals surface area contributed by atoms with Gasteiger partial charge < -0.3 is 10.2 Å². The number of nitrogens with zero attached hydrogens (tertiary/aromatic N) is 2. The van der Waals surface area contributed by atoms with Gasteiger partial charge in [-0.1, -0.05) is 19.3 Å². The Morgan fingerprint density at radius 3 is 2.65 bits per heavy atom. The van der Waals surface area contributed by atoms with Crippen LogP contribution in [-0.4, -0.2) is 29.0 Å². The number of nitrogens with one attached hydrogen (secondary N) is 1. The number of carbonyl (C=O) groups excluding carboxylic acids is 1. The molecule has 0 spiro atoms. The molecule has 20 heavy (non-hydrogen) atoms. The molecule has 4 heteroatoms. The third kappa shape index (κ3) is 4.51. The van der Waals surface area contributed by atoms with Crippen molar-refractivity contribution in [1.29, 1.82) is 0 Å². The second kappa shape index (κ2) is 7.88. The minimum atomic E-state index is 0.0508. The Balaban J connectivity index is 1.79. The average Bonchev–Trinajstić information content (AvgIpc) is 2.52. The number of rotatable bonds is 5. The molecule has 0 unspecified atom stereocenters. The quantitative estimate of drug-likeness (QED) is 0.897. The van der Waals surface area contributed by atoms with Gasteiger partial charge in [0.05, 0.1) is 0 Å². The molecule has 0 aliphatic heterocycles. The lowest BCUT2D eigenvalue weighted by Gasteiger charge is -2.25. The van der Waals surface area contributed by atoms with Crippen LogP contribution in [0.3, 0.4) is 0 Å². The molecular weight excluding hydrogens is 250 g/mol. The van der Waals surface area contributed by atoms with Crippen LogP contribution in [0, 0.1) is 5.92 Å². The van der Waals surface area contributed by atoms with Crippen LogP contribution in [0.2, 0.25) is 0 Å². The van der Waals surface area contributed by atoms with E-state index in [1.807, 2.05) is 24.0 Å². The number of carbonyl (C=O) groups is 1. The number of hydrogen-bond acceptors (Lipinski definition) is 2. The molecule has 0 saturated heterocycles. The summed E-state index contributed by atoms with van der Waals surface area (Å²) in [6.07, 6.45) is 10.0. The van der Waals surface area contributed by atoms with Crippen molar-refractivity contribution >= 4 is 6.03 Å². The van der Waals surface area contributed by atoms with E-state index in [1.165, 1.54) is 32.1 Å². The zero-order chi connectivity index (χ0) is 14.2. The number of hydrogen-bond donors (Lipinski definition) is 1. The molecule has 2 amide bonds. The van der Waals surface area contributed by atoms with Crippen molar-refractivity contribution in [3.05, 3.63) is 30.1 Å². The summed E-state index contributed by atoms with van der Waals surface area (Å²) >= 11 is 0. The van der Waals surface area contributed by atoms with Crippen LogP contribution >= 0.6 is 0 Å². The normalized spacial score (nSPS) is 15.8. The maximum Gasteiger partial charge on any atom is 0.317 e. The molecule has 1 heterocycles. The molecule has 2 rings (SSSR count). The summed E-state index contributed by atoms with van der Waals surface area (Å²) in [6.45, 7) is 4.21. The molecule has 1 fully saturated rings. The summed E-state index contributed by atoms with van der Waals surface area (Å²) in [7, 11) is 0. The summed E-state index contributed by atoms with van der Waals surface area (Å²) in [5.41, 5.74) is 1.12. The smallest absolute Gasteiger partial charge is 0.317 e. The van der Waals surface area contributed by atoms with E-state index in [4.69, 9.17) is 0 Å². The van der Waals surface area contributed by atoms with Crippen LogP contribution < -0.4 is 5.32 Å². The van der Waals surface area contributed by atoms with Crippen LogP contribution in [0.4, 0.5) is 4.79 Å². The highest BCUT2D eigenvalue weighted by molar-refractivity contribution is 5.74. The standard InChI is InChI=1S/C16H25N3O/c1-2-19(13-15-8-10-17-11-9-15)16(20)18-12-14-6-4-3-5-7-14/h8-11,14H,2-7,12-13H2,1H3,(H,18,20). The van der Waals surface area contributed by atoms with Crippen molar-refractivity contribution in [3.8, 4) is 0 Å². The lowest BCUT2D eigenvalue weighted by molar-refractivity contribution is 0.194. The first-order valence-electron chi connectivity index (χ1n) is 7.71. The summed E-state index contributed by atoms with van der Waals surface area (Å²) in [4.78, 5) is 18.1. The van der Waals surface area contributed by atoms with Gasteiger partial charge in [0.15, 0.2) is 0 Å². The van der Waals surface area contributed by atoms with Crippen LogP contribution in [0.5, 0.6) is 0 Å². The second-order valence-electron chi connectivity index (χ2n) is 5.56. The van der Waals surface area contributed by atoms with Gasteiger partial charge in [-0.05, 0) is 43.4 Å². The molecule has 110 valence electrons. The van der Waals surface area contributed by atoms with Gasteiger partial charge in [0.2, 0.25) is 0 Å². The molecule has 0 atom stereocenters. The molecule has 1 aromatic heterocycles. The first-order chi connectivity index (χ1) is 9.79. The van der Waals surface area contributed by atoms with Gasteiger partial charge in [0.1, 0.15) is 0 Å². The van der Waals surface area contributed by atoms with E-state index in [9.17, 15) is 4.79 Å². The summed E-state index contributed by atoms with van der Waals surface area (Å²) in [5, 5.41) is 3.10. The molecule has 1 N–H and O–H groups in total. The van der Waals surface area contributed by atoms with E-state index in [1.54, 1.807) is 12.4 Å². The average molecular weight is 275 g/mol. The fourth-order valence-electron chi connectivity index (χ4n) is 2.77. The van der Waals surface area contributed by atoms with Gasteiger partial charge in [-0.3, -0.25) is 4.98 Å². The first-order valence-corrected chi connectivity index (χ1v) is 7.71. The SMILES string of the molecule is CCN(Cc1ccncc1)C(=O)NCC1CCCCC1. The maximum absolute atomic E-state index is 12.2. The minimum Gasteiger partial charge on any atom is -0.338 e. The van der Waals surface area contributed by atoms with Crippen molar-refractivity contribution in [2.24, 2.45) is 5.92 Å². The predicted octanol–water partition coefficient (Wildman–Crippen LogP) is 3.19. The third-order valence-electron chi connectivity index (χ3n) is 4.06. The molecule has 1 aliphatic rings. The van der Waals surface area contributed by atoms with Crippen molar-refractivity contribution in [2.75, 3.05) is 13.1 Å². The molecule has 1 aliphatic carbocycles. The predicted molar refractivity (Wildman–Crippen MR) is 80.3 cm³/mol. The number of pyridine rings is 1. The molecule has 0 radical (unpaired) electrons. The molecular formula is C16H25N3O. The van der Waals surface area contributed by atoms with E-state index in [0.717, 1.165) is 18.7 Å². The van der Waals surface area contributed by atoms with Crippen LogP contribution in [0.15, 0.2) is 24.5 Å². The van der Waals surface area contributed by atoms with Gasteiger partial charge in [-0.25, -0.2) is 4.79 Å². The van der Waals surface area contributed by atoms with Gasteiger partial charge in [-0.15, -0.1) is 0 Å². The van der Waals surface area contributed by atoms with Crippen LogP contribution in [-0.2, 0) is 6.54 Å². The van der Waals surface area contributed by atoms with Crippen molar-refractivity contribution in [1.82, 2.24) is 15.2 Å². The van der Waals surface area contributed by atoms with E-state index in [-0.39, 0.29) is 6.03 Å². The summed E-state index contributed by atoms with van der Waals surface area (Å²) < 4.78 is 0. The Hall–Kier alpha value is -1.58. The number of amides is 2. The highest BCUT2D eigenvalue weighted by Gasteiger charge is 2.16. The van der Waals surface area contributed by atoms with Crippen molar-refractivity contribution in [3.63, 3.8) is 0 Å². The Morgan fingerprint density at radius 2 is 2.00 bits per heavy atom. The topological polar surface area (TPSA) is 45.2 Å². The molecule has 1 saturated carbocycles. The van der Waals surface area contributed by atoms with Crippen molar-refractivity contribution < 1.29 is 4.79 Å². The van der Waals surface area contributed by atoms with Gasteiger partial charge in [-0.2, -0.15) is 0 Å². The Kier molecular flexibility index (Phi) is 5.84. The minimum absolute atomic E-state index is 0.0508. The highest BCUT2D eigenvalue weighted by Crippen LogP contribution is 2.22. The number of aromatic nitrogens is 1. The zero-order valence-corrected chi connectivity index (χ0v) is 12.3. The Labute approximate surface area is 121 Å². The lowest BCUT2D eigenvalue weighted by atomic mass is 9.89. The maximum atomic E-state index is 12.2. The number of urea groups is 1. The van der Waals surface area contributed by atoms with Gasteiger partial charge >= 0.3 is 6.03 Å². The fourth-order valence-corrected chi connectivity index (χ4v) is 2.77. The van der Waals surface area contributed by atoms with E-state index in [2.05, 4.69) is 10.3 Å². The Bertz CT molecular complexity index is 401. The van der Waals surface area contributed by atoms with E-state index < -0.39 is 0 Å². The van der Waals surface area contributed by atoms with E-state index in [0.29, 0.717) is 12.5 Å². The van der Waals surface area contributed by atoms with Crippen LogP contribution in [0.1, 0.15) is 44.6 Å². The molecule has 4 nitrogen and oxygen atoms in total. The zero-order valence-electron chi connectivity index (χ0n) is 12.3. The van der Waals surface area contributed by atoms with Crippen molar-refractivity contribution in [2.45, 2.75) is 45.6 Å². The highest BCUT2D eigenvalue weighted by atomic mass is 16.2. The fraction of sp³-hybridized carbons (Fsp3) is 0.625. The first kappa shape index (κ1) is 14.8. The lowest BCUT2D eigenvalue weighted by Crippen LogP contribution is -2.41. The summed E-state index contributed by atoms with van der Waals surface area (Å²) in [6, 6.07) is 3.96. The van der Waals surface area contributed by atoms with Gasteiger partial charge in [0, 0.05) is 32.0 Å². The van der Waals surface area contributed by atoms with E-state index >= 15 is 0 Å². The van der Waals surface area contributed by atoms with Gasteiger partial charge in [0.25, 0.3) is 0 Å². The monoisotopic (exact) mass is 275 g/mol. The molecule has 0 aromatic carbocycles. The second-order valence-corrected chi connectivity index (χ2v) is 5.56. The summed E-state index contributed by atoms with van der Waals surface area (Å²) in [5.74, 6) is 0.673. The largest absolute Gasteiger partial charge is 0.338 e.